The number of aromatic amines is 1. The van der Waals surface area contributed by atoms with E-state index in [1.165, 1.54) is 30.1 Å². The number of rotatable bonds is 9. The van der Waals surface area contributed by atoms with Gasteiger partial charge in [-0.25, -0.2) is 0 Å². The number of carbonyl (C=O) groups excluding carboxylic acids is 1. The van der Waals surface area contributed by atoms with E-state index in [4.69, 9.17) is 17.0 Å². The van der Waals surface area contributed by atoms with Crippen LogP contribution in [0.25, 0.3) is 0 Å². The van der Waals surface area contributed by atoms with E-state index < -0.39 is 0 Å². The van der Waals surface area contributed by atoms with Gasteiger partial charge in [0.2, 0.25) is 10.6 Å². The molecule has 2 rings (SSSR count). The minimum atomic E-state index is -0.239. The number of unbranched alkanes of at least 4 members (excludes halogenated alkanes) is 3. The molecule has 0 fully saturated rings. The van der Waals surface area contributed by atoms with Gasteiger partial charge in [0.1, 0.15) is 12.1 Å². The lowest BCUT2D eigenvalue weighted by atomic mass is 10.1. The van der Waals surface area contributed by atoms with Gasteiger partial charge >= 0.3 is 0 Å². The van der Waals surface area contributed by atoms with Gasteiger partial charge in [-0.15, -0.1) is 0 Å². The molecule has 1 aromatic carbocycles. The number of hydrogen-bond acceptors (Lipinski definition) is 5. The van der Waals surface area contributed by atoms with Crippen molar-refractivity contribution in [3.63, 3.8) is 0 Å². The predicted molar refractivity (Wildman–Crippen MR) is 91.7 cm³/mol. The molecule has 0 atom stereocenters. The van der Waals surface area contributed by atoms with Crippen LogP contribution in [0.3, 0.4) is 0 Å². The summed E-state index contributed by atoms with van der Waals surface area (Å²) in [6.45, 7) is 2.77. The van der Waals surface area contributed by atoms with Crippen LogP contribution in [0.15, 0.2) is 35.7 Å². The number of H-pyrrole nitrogens is 1. The highest BCUT2D eigenvalue weighted by atomic mass is 32.1. The molecule has 0 aliphatic rings. The zero-order valence-electron chi connectivity index (χ0n) is 13.1. The van der Waals surface area contributed by atoms with Crippen LogP contribution < -0.4 is 4.74 Å². The summed E-state index contributed by atoms with van der Waals surface area (Å²) in [5.41, 5.74) is 0.488. The number of para-hydroxylation sites is 1. The molecule has 0 amide bonds. The normalized spacial score (nSPS) is 11.0. The van der Waals surface area contributed by atoms with Crippen molar-refractivity contribution in [1.82, 2.24) is 14.9 Å². The van der Waals surface area contributed by atoms with Gasteiger partial charge in [0, 0.05) is 0 Å². The van der Waals surface area contributed by atoms with Crippen molar-refractivity contribution in [1.29, 1.82) is 0 Å². The number of ether oxygens (including phenoxy) is 1. The van der Waals surface area contributed by atoms with Crippen molar-refractivity contribution in [2.75, 3.05) is 6.61 Å². The van der Waals surface area contributed by atoms with Crippen molar-refractivity contribution < 1.29 is 9.53 Å². The highest BCUT2D eigenvalue weighted by Crippen LogP contribution is 2.18. The second-order valence-electron chi connectivity index (χ2n) is 5.02. The molecule has 0 radical (unpaired) electrons. The van der Waals surface area contributed by atoms with Crippen LogP contribution >= 0.6 is 12.2 Å². The molecule has 1 heterocycles. The molecule has 0 unspecified atom stereocenters. The van der Waals surface area contributed by atoms with Crippen molar-refractivity contribution >= 4 is 24.2 Å². The lowest BCUT2D eigenvalue weighted by Gasteiger charge is -2.09. The van der Waals surface area contributed by atoms with Gasteiger partial charge in [-0.05, 0) is 30.8 Å². The molecule has 0 saturated heterocycles. The van der Waals surface area contributed by atoms with Crippen molar-refractivity contribution in [2.24, 2.45) is 5.10 Å². The summed E-state index contributed by atoms with van der Waals surface area (Å²) in [7, 11) is 0. The van der Waals surface area contributed by atoms with E-state index in [-0.39, 0.29) is 5.78 Å². The van der Waals surface area contributed by atoms with Crippen LogP contribution in [0.2, 0.25) is 0 Å². The lowest BCUT2D eigenvalue weighted by molar-refractivity contribution is 0.106. The molecule has 0 spiro atoms. The molecule has 122 valence electrons. The molecule has 0 aliphatic carbocycles. The molecule has 7 heteroatoms. The third-order valence-corrected chi connectivity index (χ3v) is 3.52. The maximum atomic E-state index is 12.3. The Morgan fingerprint density at radius 3 is 2.96 bits per heavy atom. The smallest absolute Gasteiger partial charge is 0.216 e. The Hall–Kier alpha value is -2.28. The first-order chi connectivity index (χ1) is 11.2. The number of Topliss-reactive ketones (excluding diaryl/α,β-unsaturated/α-hetero) is 1. The van der Waals surface area contributed by atoms with Crippen LogP contribution in [-0.4, -0.2) is 33.5 Å². The van der Waals surface area contributed by atoms with Crippen LogP contribution in [0.1, 0.15) is 43.0 Å². The molecule has 0 aliphatic heterocycles. The topological polar surface area (TPSA) is 72.3 Å². The molecule has 6 nitrogen and oxygen atoms in total. The van der Waals surface area contributed by atoms with Gasteiger partial charge in [0.05, 0.1) is 18.4 Å². The van der Waals surface area contributed by atoms with E-state index in [0.717, 1.165) is 12.8 Å². The Bertz CT molecular complexity index is 721. The lowest BCUT2D eigenvalue weighted by Crippen LogP contribution is -2.07. The van der Waals surface area contributed by atoms with E-state index in [9.17, 15) is 4.79 Å². The Morgan fingerprint density at radius 1 is 1.39 bits per heavy atom. The Morgan fingerprint density at radius 2 is 2.22 bits per heavy atom. The SMILES string of the molecule is CCCCCCOc1ccccc1C(=O)/C=N\n1cn[nH]c1=S. The fourth-order valence-corrected chi connectivity index (χ4v) is 2.16. The van der Waals surface area contributed by atoms with Gasteiger partial charge < -0.3 is 4.74 Å². The maximum absolute atomic E-state index is 12.3. The molecule has 0 bridgehead atoms. The van der Waals surface area contributed by atoms with E-state index in [1.54, 1.807) is 18.2 Å². The number of hydrogen-bond donors (Lipinski definition) is 1. The average molecular weight is 332 g/mol. The summed E-state index contributed by atoms with van der Waals surface area (Å²) in [6, 6.07) is 7.17. The monoisotopic (exact) mass is 332 g/mol. The third-order valence-electron chi connectivity index (χ3n) is 3.24. The largest absolute Gasteiger partial charge is 0.493 e. The Kier molecular flexibility index (Phi) is 6.68. The highest BCUT2D eigenvalue weighted by molar-refractivity contribution is 7.71. The molecule has 23 heavy (non-hydrogen) atoms. The van der Waals surface area contributed by atoms with Crippen LogP contribution in [0.5, 0.6) is 5.75 Å². The number of carbonyl (C=O) groups is 1. The first kappa shape index (κ1) is 17.1. The number of nitrogens with one attached hydrogen (secondary N) is 1. The van der Waals surface area contributed by atoms with Crippen molar-refractivity contribution in [2.45, 2.75) is 32.6 Å². The first-order valence-electron chi connectivity index (χ1n) is 7.65. The van der Waals surface area contributed by atoms with Gasteiger partial charge in [-0.3, -0.25) is 9.89 Å². The number of benzene rings is 1. The summed E-state index contributed by atoms with van der Waals surface area (Å²) < 4.78 is 7.39. The molecule has 2 aromatic rings. The van der Waals surface area contributed by atoms with Crippen molar-refractivity contribution in [3.05, 3.63) is 40.9 Å². The zero-order chi connectivity index (χ0) is 16.5. The quantitative estimate of drug-likeness (QED) is 0.329. The standard InChI is InChI=1S/C16H20N4O2S/c1-2-3-4-7-10-22-15-9-6-5-8-13(15)14(21)11-18-20-12-17-19-16(20)23/h5-6,8-9,11-12H,2-4,7,10H2,1H3,(H,19,23)/b18-11-. The minimum absolute atomic E-state index is 0.239. The van der Waals surface area contributed by atoms with E-state index in [1.807, 2.05) is 6.07 Å². The van der Waals surface area contributed by atoms with E-state index in [0.29, 0.717) is 22.7 Å². The van der Waals surface area contributed by atoms with E-state index in [2.05, 4.69) is 22.2 Å². The molecular formula is C16H20N4O2S. The third kappa shape index (κ3) is 5.14. The van der Waals surface area contributed by atoms with Gasteiger partial charge in [-0.1, -0.05) is 38.3 Å². The molecule has 1 aromatic heterocycles. The second kappa shape index (κ2) is 8.99. The highest BCUT2D eigenvalue weighted by Gasteiger charge is 2.10. The van der Waals surface area contributed by atoms with Gasteiger partial charge in [0.15, 0.2) is 0 Å². The van der Waals surface area contributed by atoms with Crippen molar-refractivity contribution in [3.8, 4) is 5.75 Å². The van der Waals surface area contributed by atoms with E-state index >= 15 is 0 Å². The van der Waals surface area contributed by atoms with Crippen LogP contribution in [-0.2, 0) is 0 Å². The Balaban J connectivity index is 2.01. The fraction of sp³-hybridized carbons (Fsp3) is 0.375. The zero-order valence-corrected chi connectivity index (χ0v) is 13.9. The summed E-state index contributed by atoms with van der Waals surface area (Å²) in [5.74, 6) is 0.341. The first-order valence-corrected chi connectivity index (χ1v) is 8.05. The maximum Gasteiger partial charge on any atom is 0.216 e. The summed E-state index contributed by atoms with van der Waals surface area (Å²) in [5, 5.41) is 10.3. The van der Waals surface area contributed by atoms with Crippen LogP contribution in [0.4, 0.5) is 0 Å². The number of nitrogens with zero attached hydrogens (tertiary/aromatic N) is 3. The van der Waals surface area contributed by atoms with Gasteiger partial charge in [-0.2, -0.15) is 14.9 Å². The number of ketones is 1. The average Bonchev–Trinajstić information content (AvgIpc) is 2.98. The summed E-state index contributed by atoms with van der Waals surface area (Å²) in [4.78, 5) is 12.3. The second-order valence-corrected chi connectivity index (χ2v) is 5.41. The summed E-state index contributed by atoms with van der Waals surface area (Å²) in [6.07, 6.45) is 7.11. The minimum Gasteiger partial charge on any atom is -0.493 e. The summed E-state index contributed by atoms with van der Waals surface area (Å²) >= 11 is 4.97. The predicted octanol–water partition coefficient (Wildman–Crippen LogP) is 3.62. The van der Waals surface area contributed by atoms with Gasteiger partial charge in [0.25, 0.3) is 0 Å². The molecule has 0 saturated carbocycles. The number of aromatic nitrogens is 3. The molecular weight excluding hydrogens is 312 g/mol. The van der Waals surface area contributed by atoms with Crippen LogP contribution in [0, 0.1) is 4.77 Å². The Labute approximate surface area is 140 Å². The fourth-order valence-electron chi connectivity index (χ4n) is 2.02. The molecule has 1 N–H and O–H groups in total.